The number of hydrogen-bond acceptors (Lipinski definition) is 5. The fourth-order valence-corrected chi connectivity index (χ4v) is 2.16. The molecule has 1 unspecified atom stereocenters. The standard InChI is InChI=1S/C12H19N5O2/c1-15(2)11(18)9-8-13-4-7-17(9)10-12(19)16(3)6-5-14-10/h5-6,9,13H,4,7-8H2,1-3H3. The van der Waals surface area contributed by atoms with E-state index in [2.05, 4.69) is 10.3 Å². The van der Waals surface area contributed by atoms with E-state index in [1.54, 1.807) is 38.4 Å². The summed E-state index contributed by atoms with van der Waals surface area (Å²) in [4.78, 5) is 31.8. The van der Waals surface area contributed by atoms with Crippen LogP contribution in [0.15, 0.2) is 17.2 Å². The second-order valence-corrected chi connectivity index (χ2v) is 4.81. The highest BCUT2D eigenvalue weighted by Crippen LogP contribution is 2.12. The van der Waals surface area contributed by atoms with E-state index in [-0.39, 0.29) is 17.5 Å². The van der Waals surface area contributed by atoms with Crippen LogP contribution in [0, 0.1) is 0 Å². The molecule has 1 amide bonds. The molecule has 1 aromatic heterocycles. The third kappa shape index (κ3) is 2.60. The zero-order valence-corrected chi connectivity index (χ0v) is 11.5. The molecule has 1 N–H and O–H groups in total. The zero-order chi connectivity index (χ0) is 14.0. The predicted molar refractivity (Wildman–Crippen MR) is 72.2 cm³/mol. The summed E-state index contributed by atoms with van der Waals surface area (Å²) in [7, 11) is 5.11. The minimum Gasteiger partial charge on any atom is -0.347 e. The van der Waals surface area contributed by atoms with Crippen LogP contribution in [0.5, 0.6) is 0 Å². The molecular weight excluding hydrogens is 246 g/mol. The molecule has 1 aliphatic heterocycles. The van der Waals surface area contributed by atoms with Gasteiger partial charge in [-0.3, -0.25) is 9.59 Å². The molecule has 104 valence electrons. The number of likely N-dealkylation sites (N-methyl/N-ethyl adjacent to an activating group) is 1. The Labute approximate surface area is 111 Å². The van der Waals surface area contributed by atoms with Crippen LogP contribution < -0.4 is 15.8 Å². The summed E-state index contributed by atoms with van der Waals surface area (Å²) in [6.07, 6.45) is 3.19. The van der Waals surface area contributed by atoms with Gasteiger partial charge in [-0.2, -0.15) is 0 Å². The van der Waals surface area contributed by atoms with Gasteiger partial charge < -0.3 is 19.7 Å². The lowest BCUT2D eigenvalue weighted by atomic mass is 10.1. The first-order valence-electron chi connectivity index (χ1n) is 6.22. The van der Waals surface area contributed by atoms with Crippen molar-refractivity contribution >= 4 is 11.7 Å². The van der Waals surface area contributed by atoms with Crippen molar-refractivity contribution in [2.45, 2.75) is 6.04 Å². The summed E-state index contributed by atoms with van der Waals surface area (Å²) in [6, 6.07) is -0.383. The summed E-state index contributed by atoms with van der Waals surface area (Å²) >= 11 is 0. The third-order valence-electron chi connectivity index (χ3n) is 3.24. The molecule has 1 aliphatic rings. The lowest BCUT2D eigenvalue weighted by Crippen LogP contribution is -2.59. The molecule has 0 saturated carbocycles. The van der Waals surface area contributed by atoms with E-state index in [4.69, 9.17) is 0 Å². The van der Waals surface area contributed by atoms with Crippen LogP contribution in [-0.2, 0) is 11.8 Å². The summed E-state index contributed by atoms with van der Waals surface area (Å²) < 4.78 is 1.47. The van der Waals surface area contributed by atoms with Gasteiger partial charge in [-0.1, -0.05) is 0 Å². The first kappa shape index (κ1) is 13.5. The quantitative estimate of drug-likeness (QED) is 0.716. The van der Waals surface area contributed by atoms with Crippen molar-refractivity contribution in [1.82, 2.24) is 19.8 Å². The van der Waals surface area contributed by atoms with Gasteiger partial charge in [-0.25, -0.2) is 4.98 Å². The molecule has 7 nitrogen and oxygen atoms in total. The Kier molecular flexibility index (Phi) is 3.84. The number of nitrogens with zero attached hydrogens (tertiary/aromatic N) is 4. The largest absolute Gasteiger partial charge is 0.347 e. The molecule has 19 heavy (non-hydrogen) atoms. The summed E-state index contributed by atoms with van der Waals surface area (Å²) in [6.45, 7) is 1.85. The Morgan fingerprint density at radius 2 is 2.26 bits per heavy atom. The summed E-state index contributed by atoms with van der Waals surface area (Å²) in [5.74, 6) is 0.312. The average molecular weight is 265 g/mol. The van der Waals surface area contributed by atoms with Gasteiger partial charge >= 0.3 is 0 Å². The number of nitrogens with one attached hydrogen (secondary N) is 1. The van der Waals surface area contributed by atoms with Crippen molar-refractivity contribution in [1.29, 1.82) is 0 Å². The number of anilines is 1. The topological polar surface area (TPSA) is 70.5 Å². The monoisotopic (exact) mass is 265 g/mol. The molecule has 2 heterocycles. The molecule has 7 heteroatoms. The molecule has 1 saturated heterocycles. The van der Waals surface area contributed by atoms with Gasteiger partial charge in [0.25, 0.3) is 5.56 Å². The fourth-order valence-electron chi connectivity index (χ4n) is 2.16. The Bertz CT molecular complexity index is 525. The number of carbonyl (C=O) groups is 1. The molecule has 1 fully saturated rings. The Morgan fingerprint density at radius 3 is 2.95 bits per heavy atom. The number of hydrogen-bond donors (Lipinski definition) is 1. The summed E-state index contributed by atoms with van der Waals surface area (Å²) in [5.41, 5.74) is -0.180. The third-order valence-corrected chi connectivity index (χ3v) is 3.24. The van der Waals surface area contributed by atoms with Gasteiger partial charge in [-0.05, 0) is 0 Å². The smallest absolute Gasteiger partial charge is 0.293 e. The molecule has 0 aromatic carbocycles. The van der Waals surface area contributed by atoms with E-state index in [0.717, 1.165) is 6.54 Å². The number of rotatable bonds is 2. The van der Waals surface area contributed by atoms with Gasteiger partial charge in [0.1, 0.15) is 6.04 Å². The van der Waals surface area contributed by atoms with E-state index in [1.165, 1.54) is 9.47 Å². The lowest BCUT2D eigenvalue weighted by molar-refractivity contribution is -0.130. The highest BCUT2D eigenvalue weighted by molar-refractivity contribution is 5.85. The second kappa shape index (κ2) is 5.40. The van der Waals surface area contributed by atoms with Crippen LogP contribution in [0.4, 0.5) is 5.82 Å². The average Bonchev–Trinajstić information content (AvgIpc) is 2.41. The van der Waals surface area contributed by atoms with Crippen molar-refractivity contribution in [2.24, 2.45) is 7.05 Å². The maximum absolute atomic E-state index is 12.2. The number of aryl methyl sites for hydroxylation is 1. The summed E-state index contributed by atoms with van der Waals surface area (Å²) in [5, 5.41) is 3.18. The lowest BCUT2D eigenvalue weighted by Gasteiger charge is -2.36. The van der Waals surface area contributed by atoms with Crippen LogP contribution in [0.3, 0.4) is 0 Å². The van der Waals surface area contributed by atoms with Crippen molar-refractivity contribution < 1.29 is 4.79 Å². The van der Waals surface area contributed by atoms with Crippen LogP contribution in [0.2, 0.25) is 0 Å². The maximum atomic E-state index is 12.2. The van der Waals surface area contributed by atoms with E-state index in [1.807, 2.05) is 0 Å². The van der Waals surface area contributed by atoms with Gasteiger partial charge in [0.15, 0.2) is 5.82 Å². The minimum atomic E-state index is -0.383. The minimum absolute atomic E-state index is 0.0279. The maximum Gasteiger partial charge on any atom is 0.293 e. The zero-order valence-electron chi connectivity index (χ0n) is 11.5. The SMILES string of the molecule is CN(C)C(=O)C1CNCCN1c1nccn(C)c1=O. The van der Waals surface area contributed by atoms with Gasteiger partial charge in [0.2, 0.25) is 5.91 Å². The Hall–Kier alpha value is -1.89. The molecule has 0 radical (unpaired) electrons. The molecular formula is C12H19N5O2. The number of aromatic nitrogens is 2. The predicted octanol–water partition coefficient (Wildman–Crippen LogP) is -1.35. The highest BCUT2D eigenvalue weighted by Gasteiger charge is 2.32. The van der Waals surface area contributed by atoms with Crippen molar-refractivity contribution in [3.63, 3.8) is 0 Å². The fraction of sp³-hybridized carbons (Fsp3) is 0.583. The Morgan fingerprint density at radius 1 is 1.53 bits per heavy atom. The van der Waals surface area contributed by atoms with E-state index in [9.17, 15) is 9.59 Å². The van der Waals surface area contributed by atoms with Crippen LogP contribution >= 0.6 is 0 Å². The van der Waals surface area contributed by atoms with Crippen LogP contribution in [-0.4, -0.2) is 60.1 Å². The van der Waals surface area contributed by atoms with E-state index in [0.29, 0.717) is 18.9 Å². The van der Waals surface area contributed by atoms with E-state index >= 15 is 0 Å². The number of amides is 1. The van der Waals surface area contributed by atoms with Gasteiger partial charge in [0.05, 0.1) is 0 Å². The normalized spacial score (nSPS) is 19.3. The van der Waals surface area contributed by atoms with Crippen LogP contribution in [0.25, 0.3) is 0 Å². The Balaban J connectivity index is 2.37. The molecule has 2 rings (SSSR count). The second-order valence-electron chi connectivity index (χ2n) is 4.81. The molecule has 0 aliphatic carbocycles. The van der Waals surface area contributed by atoms with Gasteiger partial charge in [0, 0.05) is 53.2 Å². The highest BCUT2D eigenvalue weighted by atomic mass is 16.2. The first-order valence-corrected chi connectivity index (χ1v) is 6.22. The number of piperazine rings is 1. The van der Waals surface area contributed by atoms with Gasteiger partial charge in [-0.15, -0.1) is 0 Å². The molecule has 1 aromatic rings. The van der Waals surface area contributed by atoms with Crippen molar-refractivity contribution in [2.75, 3.05) is 38.6 Å². The first-order chi connectivity index (χ1) is 9.02. The van der Waals surface area contributed by atoms with Crippen molar-refractivity contribution in [3.05, 3.63) is 22.7 Å². The molecule has 0 bridgehead atoms. The van der Waals surface area contributed by atoms with Crippen LogP contribution in [0.1, 0.15) is 0 Å². The molecule has 0 spiro atoms. The molecule has 1 atom stereocenters. The number of carbonyl (C=O) groups excluding carboxylic acids is 1. The van der Waals surface area contributed by atoms with E-state index < -0.39 is 0 Å². The van der Waals surface area contributed by atoms with Crippen molar-refractivity contribution in [3.8, 4) is 0 Å².